The molecule has 7 nitrogen and oxygen atoms in total. The van der Waals surface area contributed by atoms with Crippen LogP contribution in [0.1, 0.15) is 48.8 Å². The van der Waals surface area contributed by atoms with Crippen molar-refractivity contribution in [2.75, 3.05) is 11.9 Å². The maximum absolute atomic E-state index is 12.8. The van der Waals surface area contributed by atoms with E-state index < -0.39 is 24.5 Å². The second-order valence-electron chi connectivity index (χ2n) is 9.93. The average molecular weight is 518 g/mol. The number of esters is 1. The lowest BCUT2D eigenvalue weighted by molar-refractivity contribution is -0.151. The van der Waals surface area contributed by atoms with Crippen LogP contribution in [0.3, 0.4) is 0 Å². The Morgan fingerprint density at radius 1 is 1.14 bits per heavy atom. The fraction of sp³-hybridized carbons (Fsp3) is 0.379. The van der Waals surface area contributed by atoms with Crippen molar-refractivity contribution in [2.45, 2.75) is 52.5 Å². The highest BCUT2D eigenvalue weighted by Crippen LogP contribution is 2.39. The van der Waals surface area contributed by atoms with E-state index in [0.29, 0.717) is 16.5 Å². The Hall–Kier alpha value is -3.70. The first kappa shape index (κ1) is 26.4. The van der Waals surface area contributed by atoms with Crippen LogP contribution in [0.2, 0.25) is 0 Å². The van der Waals surface area contributed by atoms with E-state index in [9.17, 15) is 19.6 Å². The van der Waals surface area contributed by atoms with Crippen LogP contribution in [-0.2, 0) is 38.4 Å². The number of fused-ring (bicyclic) bond motifs is 2. The number of carbonyl (C=O) groups excluding carboxylic acids is 3. The zero-order valence-corrected chi connectivity index (χ0v) is 22.1. The molecule has 4 rings (SSSR count). The third-order valence-corrected chi connectivity index (χ3v) is 7.86. The van der Waals surface area contributed by atoms with Crippen molar-refractivity contribution in [2.24, 2.45) is 11.8 Å². The molecule has 0 fully saturated rings. The molecule has 37 heavy (non-hydrogen) atoms. The number of rotatable bonds is 8. The Morgan fingerprint density at radius 3 is 2.65 bits per heavy atom. The van der Waals surface area contributed by atoms with Crippen molar-refractivity contribution in [1.29, 1.82) is 5.26 Å². The zero-order chi connectivity index (χ0) is 26.5. The molecule has 0 bridgehead atoms. The molecule has 2 amide bonds. The van der Waals surface area contributed by atoms with Gasteiger partial charge in [-0.1, -0.05) is 63.2 Å². The van der Waals surface area contributed by atoms with E-state index in [2.05, 4.69) is 23.6 Å². The summed E-state index contributed by atoms with van der Waals surface area (Å²) in [6, 6.07) is 14.9. The van der Waals surface area contributed by atoms with Gasteiger partial charge in [0.1, 0.15) is 17.1 Å². The van der Waals surface area contributed by atoms with Crippen LogP contribution in [0.4, 0.5) is 5.00 Å². The summed E-state index contributed by atoms with van der Waals surface area (Å²) in [7, 11) is 0. The van der Waals surface area contributed by atoms with E-state index in [1.165, 1.54) is 11.3 Å². The van der Waals surface area contributed by atoms with Crippen molar-refractivity contribution in [3.05, 3.63) is 64.0 Å². The minimum absolute atomic E-state index is 0.122. The van der Waals surface area contributed by atoms with Gasteiger partial charge in [0, 0.05) is 4.88 Å². The van der Waals surface area contributed by atoms with E-state index >= 15 is 0 Å². The number of thiophene rings is 1. The second kappa shape index (κ2) is 11.6. The van der Waals surface area contributed by atoms with Gasteiger partial charge < -0.3 is 15.4 Å². The number of nitrogens with one attached hydrogen (secondary N) is 2. The van der Waals surface area contributed by atoms with Gasteiger partial charge in [0.05, 0.1) is 12.0 Å². The molecule has 0 saturated heterocycles. The summed E-state index contributed by atoms with van der Waals surface area (Å²) in [5.41, 5.74) is 2.39. The number of hydrogen-bond acceptors (Lipinski definition) is 6. The van der Waals surface area contributed by atoms with Crippen molar-refractivity contribution < 1.29 is 19.1 Å². The molecule has 8 heteroatoms. The minimum atomic E-state index is -0.888. The molecular formula is C29H31N3O4S. The molecule has 0 spiro atoms. The van der Waals surface area contributed by atoms with E-state index in [4.69, 9.17) is 4.74 Å². The van der Waals surface area contributed by atoms with Gasteiger partial charge in [-0.05, 0) is 53.0 Å². The molecular weight excluding hydrogens is 486 g/mol. The molecule has 0 unspecified atom stereocenters. The number of nitrogens with zero attached hydrogens (tertiary/aromatic N) is 1. The van der Waals surface area contributed by atoms with E-state index in [-0.39, 0.29) is 18.2 Å². The molecule has 2 aromatic carbocycles. The Kier molecular flexibility index (Phi) is 8.24. The van der Waals surface area contributed by atoms with E-state index in [1.54, 1.807) is 13.8 Å². The minimum Gasteiger partial charge on any atom is -0.454 e. The highest BCUT2D eigenvalue weighted by Gasteiger charge is 2.28. The van der Waals surface area contributed by atoms with E-state index in [1.807, 2.05) is 42.5 Å². The standard InChI is InChI=1S/C29H31N3O4S/c1-17(2)27(31-25(33)14-20-9-6-8-19-7-4-5-10-21(19)20)29(35)36-16-26(34)32-28-23(15-30)22-12-11-18(3)13-24(22)37-28/h4-10,17-18,27H,11-14,16H2,1-3H3,(H,31,33)(H,32,34)/t18-,27-/m1/s1. The van der Waals surface area contributed by atoms with Gasteiger partial charge in [-0.2, -0.15) is 5.26 Å². The van der Waals surface area contributed by atoms with Crippen LogP contribution in [0.25, 0.3) is 10.8 Å². The molecule has 0 saturated carbocycles. The molecule has 0 radical (unpaired) electrons. The van der Waals surface area contributed by atoms with Gasteiger partial charge in [0.2, 0.25) is 5.91 Å². The first-order chi connectivity index (χ1) is 17.8. The first-order valence-electron chi connectivity index (χ1n) is 12.5. The molecule has 2 N–H and O–H groups in total. The summed E-state index contributed by atoms with van der Waals surface area (Å²) in [5, 5.41) is 17.7. The molecule has 1 aliphatic rings. The van der Waals surface area contributed by atoms with Crippen molar-refractivity contribution in [3.8, 4) is 6.07 Å². The number of anilines is 1. The van der Waals surface area contributed by atoms with Gasteiger partial charge >= 0.3 is 5.97 Å². The Balaban J connectivity index is 1.35. The van der Waals surface area contributed by atoms with Crippen molar-refractivity contribution in [1.82, 2.24) is 5.32 Å². The lowest BCUT2D eigenvalue weighted by Crippen LogP contribution is -2.46. The third-order valence-electron chi connectivity index (χ3n) is 6.69. The van der Waals surface area contributed by atoms with Gasteiger partial charge in [-0.15, -0.1) is 11.3 Å². The predicted molar refractivity (Wildman–Crippen MR) is 144 cm³/mol. The van der Waals surface area contributed by atoms with E-state index in [0.717, 1.165) is 46.0 Å². The number of ether oxygens (including phenoxy) is 1. The number of amides is 2. The van der Waals surface area contributed by atoms with Crippen LogP contribution in [0.5, 0.6) is 0 Å². The van der Waals surface area contributed by atoms with Crippen molar-refractivity contribution in [3.63, 3.8) is 0 Å². The lowest BCUT2D eigenvalue weighted by atomic mass is 9.89. The summed E-state index contributed by atoms with van der Waals surface area (Å²) < 4.78 is 5.27. The van der Waals surface area contributed by atoms with Gasteiger partial charge in [0.25, 0.3) is 5.91 Å². The topological polar surface area (TPSA) is 108 Å². The lowest BCUT2D eigenvalue weighted by Gasteiger charge is -2.21. The Morgan fingerprint density at radius 2 is 1.89 bits per heavy atom. The SMILES string of the molecule is CC(C)[C@@H](NC(=O)Cc1cccc2ccccc12)C(=O)OCC(=O)Nc1sc2c(c1C#N)CC[C@@H](C)C2. The summed E-state index contributed by atoms with van der Waals surface area (Å²) in [5.74, 6) is -1.17. The molecule has 1 aromatic heterocycles. The fourth-order valence-electron chi connectivity index (χ4n) is 4.69. The second-order valence-corrected chi connectivity index (χ2v) is 11.0. The molecule has 1 aliphatic carbocycles. The zero-order valence-electron chi connectivity index (χ0n) is 21.3. The van der Waals surface area contributed by atoms with Crippen molar-refractivity contribution >= 4 is 44.9 Å². The number of carbonyl (C=O) groups is 3. The Bertz CT molecular complexity index is 1370. The highest BCUT2D eigenvalue weighted by molar-refractivity contribution is 7.16. The first-order valence-corrected chi connectivity index (χ1v) is 13.4. The van der Waals surface area contributed by atoms with Crippen LogP contribution in [0, 0.1) is 23.2 Å². The van der Waals surface area contributed by atoms with Gasteiger partial charge in [0.15, 0.2) is 6.61 Å². The molecule has 1 heterocycles. The summed E-state index contributed by atoms with van der Waals surface area (Å²) >= 11 is 1.42. The molecule has 2 atom stereocenters. The van der Waals surface area contributed by atoms with Crippen LogP contribution < -0.4 is 10.6 Å². The van der Waals surface area contributed by atoms with Gasteiger partial charge in [-0.25, -0.2) is 4.79 Å². The Labute approximate surface area is 220 Å². The predicted octanol–water partition coefficient (Wildman–Crippen LogP) is 4.76. The molecule has 0 aliphatic heterocycles. The molecule has 3 aromatic rings. The number of hydrogen-bond donors (Lipinski definition) is 2. The summed E-state index contributed by atoms with van der Waals surface area (Å²) in [4.78, 5) is 39.3. The maximum Gasteiger partial charge on any atom is 0.329 e. The van der Waals surface area contributed by atoms with Crippen LogP contribution in [-0.4, -0.2) is 30.4 Å². The smallest absolute Gasteiger partial charge is 0.329 e. The monoisotopic (exact) mass is 517 g/mol. The maximum atomic E-state index is 12.8. The molecule has 192 valence electrons. The summed E-state index contributed by atoms with van der Waals surface area (Å²) in [6.45, 7) is 5.30. The normalized spacial score (nSPS) is 15.5. The average Bonchev–Trinajstić information content (AvgIpc) is 3.21. The van der Waals surface area contributed by atoms with Gasteiger partial charge in [-0.3, -0.25) is 9.59 Å². The third kappa shape index (κ3) is 6.17. The fourth-order valence-corrected chi connectivity index (χ4v) is 6.07. The largest absolute Gasteiger partial charge is 0.454 e. The number of nitriles is 1. The quantitative estimate of drug-likeness (QED) is 0.419. The highest BCUT2D eigenvalue weighted by atomic mass is 32.1. The van der Waals surface area contributed by atoms with Crippen LogP contribution in [0.15, 0.2) is 42.5 Å². The number of benzene rings is 2. The summed E-state index contributed by atoms with van der Waals surface area (Å²) in [6.07, 6.45) is 2.87. The van der Waals surface area contributed by atoms with Crippen LogP contribution >= 0.6 is 11.3 Å².